The van der Waals surface area contributed by atoms with Gasteiger partial charge in [0, 0.05) is 32.2 Å². The van der Waals surface area contributed by atoms with E-state index in [1.807, 2.05) is 6.92 Å². The number of anilines is 2. The molecule has 0 aliphatic carbocycles. The molecule has 0 saturated carbocycles. The van der Waals surface area contributed by atoms with E-state index in [0.717, 1.165) is 55.5 Å². The Bertz CT molecular complexity index is 480. The normalized spacial score (nSPS) is 24.4. The summed E-state index contributed by atoms with van der Waals surface area (Å²) < 4.78 is 0. The first-order valence-electron chi connectivity index (χ1n) is 8.47. The van der Waals surface area contributed by atoms with Gasteiger partial charge in [0.25, 0.3) is 0 Å². The smallest absolute Gasteiger partial charge is 0.134 e. The molecule has 4 heteroatoms. The molecule has 2 aliphatic rings. The SMILES string of the molecule is Cc1nc(N2CCC(C)CC2)cc(N2CCCC(C)C2)n1. The summed E-state index contributed by atoms with van der Waals surface area (Å²) in [6, 6.07) is 2.21. The van der Waals surface area contributed by atoms with Crippen molar-refractivity contribution in [2.24, 2.45) is 11.8 Å². The number of piperidine rings is 2. The maximum absolute atomic E-state index is 4.69. The minimum atomic E-state index is 0.772. The third-order valence-corrected chi connectivity index (χ3v) is 4.90. The molecule has 2 aliphatic heterocycles. The molecular formula is C17H28N4. The predicted octanol–water partition coefficient (Wildman–Crippen LogP) is 3.26. The van der Waals surface area contributed by atoms with Gasteiger partial charge in [-0.25, -0.2) is 9.97 Å². The second-order valence-electron chi connectivity index (χ2n) is 6.99. The fourth-order valence-electron chi connectivity index (χ4n) is 3.50. The van der Waals surface area contributed by atoms with E-state index in [1.165, 1.54) is 25.7 Å². The zero-order chi connectivity index (χ0) is 14.8. The van der Waals surface area contributed by atoms with Crippen LogP contribution in [0.5, 0.6) is 0 Å². The molecule has 3 heterocycles. The Morgan fingerprint density at radius 3 is 2.24 bits per heavy atom. The molecule has 1 atom stereocenters. The van der Waals surface area contributed by atoms with Crippen molar-refractivity contribution in [1.29, 1.82) is 0 Å². The Hall–Kier alpha value is -1.32. The minimum absolute atomic E-state index is 0.772. The van der Waals surface area contributed by atoms with E-state index < -0.39 is 0 Å². The van der Waals surface area contributed by atoms with E-state index in [-0.39, 0.29) is 0 Å². The summed E-state index contributed by atoms with van der Waals surface area (Å²) in [7, 11) is 0. The van der Waals surface area contributed by atoms with E-state index in [0.29, 0.717) is 0 Å². The molecule has 0 radical (unpaired) electrons. The van der Waals surface area contributed by atoms with Crippen molar-refractivity contribution in [3.63, 3.8) is 0 Å². The maximum atomic E-state index is 4.69. The number of rotatable bonds is 2. The predicted molar refractivity (Wildman–Crippen MR) is 88.0 cm³/mol. The highest BCUT2D eigenvalue weighted by atomic mass is 15.2. The molecule has 0 amide bonds. The summed E-state index contributed by atoms with van der Waals surface area (Å²) in [5.41, 5.74) is 0. The summed E-state index contributed by atoms with van der Waals surface area (Å²) in [5.74, 6) is 4.78. The van der Waals surface area contributed by atoms with Crippen molar-refractivity contribution in [3.05, 3.63) is 11.9 Å². The molecule has 0 aromatic carbocycles. The van der Waals surface area contributed by atoms with Crippen molar-refractivity contribution in [2.75, 3.05) is 36.0 Å². The lowest BCUT2D eigenvalue weighted by Crippen LogP contribution is -2.36. The van der Waals surface area contributed by atoms with Gasteiger partial charge in [0.05, 0.1) is 0 Å². The first-order valence-corrected chi connectivity index (χ1v) is 8.47. The summed E-state index contributed by atoms with van der Waals surface area (Å²) in [5, 5.41) is 0. The van der Waals surface area contributed by atoms with Gasteiger partial charge in [-0.2, -0.15) is 0 Å². The zero-order valence-corrected chi connectivity index (χ0v) is 13.7. The Morgan fingerprint density at radius 1 is 0.905 bits per heavy atom. The van der Waals surface area contributed by atoms with Crippen LogP contribution < -0.4 is 9.80 Å². The highest BCUT2D eigenvalue weighted by molar-refractivity contribution is 5.51. The summed E-state index contributed by atoms with van der Waals surface area (Å²) in [6.07, 6.45) is 5.18. The molecule has 2 fully saturated rings. The van der Waals surface area contributed by atoms with Crippen LogP contribution in [-0.2, 0) is 0 Å². The monoisotopic (exact) mass is 288 g/mol. The molecule has 116 valence electrons. The molecule has 0 N–H and O–H groups in total. The average Bonchev–Trinajstić information content (AvgIpc) is 2.47. The van der Waals surface area contributed by atoms with Gasteiger partial charge in [-0.15, -0.1) is 0 Å². The third kappa shape index (κ3) is 3.47. The van der Waals surface area contributed by atoms with Gasteiger partial charge >= 0.3 is 0 Å². The van der Waals surface area contributed by atoms with Crippen molar-refractivity contribution in [3.8, 4) is 0 Å². The topological polar surface area (TPSA) is 32.3 Å². The number of hydrogen-bond donors (Lipinski definition) is 0. The number of aromatic nitrogens is 2. The van der Waals surface area contributed by atoms with Crippen LogP contribution in [0, 0.1) is 18.8 Å². The molecule has 1 unspecified atom stereocenters. The first kappa shape index (κ1) is 14.6. The second-order valence-corrected chi connectivity index (χ2v) is 6.99. The van der Waals surface area contributed by atoms with Crippen molar-refractivity contribution in [1.82, 2.24) is 9.97 Å². The van der Waals surface area contributed by atoms with Crippen LogP contribution in [0.4, 0.5) is 11.6 Å². The van der Waals surface area contributed by atoms with Crippen molar-refractivity contribution >= 4 is 11.6 Å². The van der Waals surface area contributed by atoms with Crippen molar-refractivity contribution < 1.29 is 0 Å². The Balaban J connectivity index is 1.79. The zero-order valence-electron chi connectivity index (χ0n) is 13.7. The van der Waals surface area contributed by atoms with E-state index in [9.17, 15) is 0 Å². The molecule has 4 nitrogen and oxygen atoms in total. The average molecular weight is 288 g/mol. The molecule has 1 aromatic rings. The molecule has 1 aromatic heterocycles. The molecule has 0 bridgehead atoms. The Kier molecular flexibility index (Phi) is 4.32. The largest absolute Gasteiger partial charge is 0.356 e. The molecule has 21 heavy (non-hydrogen) atoms. The molecule has 0 spiro atoms. The van der Waals surface area contributed by atoms with Crippen LogP contribution in [-0.4, -0.2) is 36.1 Å². The number of hydrogen-bond acceptors (Lipinski definition) is 4. The lowest BCUT2D eigenvalue weighted by molar-refractivity contribution is 0.435. The quantitative estimate of drug-likeness (QED) is 0.836. The van der Waals surface area contributed by atoms with Crippen LogP contribution in [0.25, 0.3) is 0 Å². The minimum Gasteiger partial charge on any atom is -0.356 e. The van der Waals surface area contributed by atoms with E-state index in [4.69, 9.17) is 0 Å². The Morgan fingerprint density at radius 2 is 1.57 bits per heavy atom. The standard InChI is InChI=1S/C17H28N4/c1-13-6-9-20(10-7-13)16-11-17(19-15(3)18-16)21-8-4-5-14(2)12-21/h11,13-14H,4-10,12H2,1-3H3. The summed E-state index contributed by atoms with van der Waals surface area (Å²) in [4.78, 5) is 14.3. The van der Waals surface area contributed by atoms with Crippen LogP contribution in [0.1, 0.15) is 45.4 Å². The maximum Gasteiger partial charge on any atom is 0.134 e. The first-order chi connectivity index (χ1) is 10.1. The highest BCUT2D eigenvalue weighted by Crippen LogP contribution is 2.26. The van der Waals surface area contributed by atoms with Gasteiger partial charge in [-0.05, 0) is 44.4 Å². The molecule has 3 rings (SSSR count). The van der Waals surface area contributed by atoms with Gasteiger partial charge in [0.15, 0.2) is 0 Å². The second kappa shape index (κ2) is 6.20. The number of aryl methyl sites for hydroxylation is 1. The van der Waals surface area contributed by atoms with Crippen LogP contribution in [0.15, 0.2) is 6.07 Å². The van der Waals surface area contributed by atoms with Crippen molar-refractivity contribution in [2.45, 2.75) is 46.5 Å². The summed E-state index contributed by atoms with van der Waals surface area (Å²) in [6.45, 7) is 11.2. The molecular weight excluding hydrogens is 260 g/mol. The van der Waals surface area contributed by atoms with Gasteiger partial charge in [-0.1, -0.05) is 13.8 Å². The number of nitrogens with zero attached hydrogens (tertiary/aromatic N) is 4. The van der Waals surface area contributed by atoms with Crippen LogP contribution in [0.2, 0.25) is 0 Å². The highest BCUT2D eigenvalue weighted by Gasteiger charge is 2.21. The van der Waals surface area contributed by atoms with E-state index >= 15 is 0 Å². The van der Waals surface area contributed by atoms with Crippen LogP contribution in [0.3, 0.4) is 0 Å². The lowest BCUT2D eigenvalue weighted by atomic mass is 9.99. The van der Waals surface area contributed by atoms with Gasteiger partial charge in [0.1, 0.15) is 17.5 Å². The third-order valence-electron chi connectivity index (χ3n) is 4.90. The summed E-state index contributed by atoms with van der Waals surface area (Å²) >= 11 is 0. The van der Waals surface area contributed by atoms with E-state index in [1.54, 1.807) is 0 Å². The fourth-order valence-corrected chi connectivity index (χ4v) is 3.50. The fraction of sp³-hybridized carbons (Fsp3) is 0.765. The Labute approximate surface area is 128 Å². The van der Waals surface area contributed by atoms with Gasteiger partial charge in [0.2, 0.25) is 0 Å². The van der Waals surface area contributed by atoms with E-state index in [2.05, 4.69) is 39.7 Å². The lowest BCUT2D eigenvalue weighted by Gasteiger charge is -2.34. The van der Waals surface area contributed by atoms with Crippen LogP contribution >= 0.6 is 0 Å². The molecule has 2 saturated heterocycles. The van der Waals surface area contributed by atoms with Gasteiger partial charge < -0.3 is 9.80 Å². The van der Waals surface area contributed by atoms with Gasteiger partial charge in [-0.3, -0.25) is 0 Å².